The van der Waals surface area contributed by atoms with Crippen molar-refractivity contribution in [2.24, 2.45) is 0 Å². The van der Waals surface area contributed by atoms with Crippen LogP contribution in [0.4, 0.5) is 10.8 Å². The van der Waals surface area contributed by atoms with Gasteiger partial charge in [0.2, 0.25) is 11.8 Å². The Balaban J connectivity index is 1.30. The molecule has 0 spiro atoms. The second kappa shape index (κ2) is 10.3. The third kappa shape index (κ3) is 5.07. The van der Waals surface area contributed by atoms with Crippen LogP contribution in [0, 0.1) is 0 Å². The number of para-hydroxylation sites is 1. The van der Waals surface area contributed by atoms with E-state index in [0.717, 1.165) is 42.0 Å². The van der Waals surface area contributed by atoms with Crippen LogP contribution >= 0.6 is 11.3 Å². The van der Waals surface area contributed by atoms with Gasteiger partial charge in [-0.3, -0.25) is 14.5 Å². The van der Waals surface area contributed by atoms with Gasteiger partial charge in [-0.15, -0.1) is 11.3 Å². The summed E-state index contributed by atoms with van der Waals surface area (Å²) in [5.41, 5.74) is 2.47. The van der Waals surface area contributed by atoms with E-state index in [1.54, 1.807) is 17.1 Å². The van der Waals surface area contributed by atoms with Crippen LogP contribution in [-0.2, 0) is 9.59 Å². The zero-order valence-electron chi connectivity index (χ0n) is 19.6. The zero-order chi connectivity index (χ0) is 24.2. The highest BCUT2D eigenvalue weighted by molar-refractivity contribution is 7.14. The van der Waals surface area contributed by atoms with Gasteiger partial charge < -0.3 is 14.4 Å². The molecule has 1 atom stereocenters. The number of ether oxygens (including phenoxy) is 2. The van der Waals surface area contributed by atoms with Gasteiger partial charge in [0, 0.05) is 31.3 Å². The van der Waals surface area contributed by atoms with Gasteiger partial charge in [0.25, 0.3) is 0 Å². The molecule has 0 radical (unpaired) electrons. The summed E-state index contributed by atoms with van der Waals surface area (Å²) in [6, 6.07) is 15.4. The van der Waals surface area contributed by atoms with Gasteiger partial charge in [-0.1, -0.05) is 24.3 Å². The van der Waals surface area contributed by atoms with Gasteiger partial charge >= 0.3 is 0 Å². The Morgan fingerprint density at radius 3 is 2.69 bits per heavy atom. The topological polar surface area (TPSA) is 72.0 Å². The molecular formula is C27H27N3O4S. The highest BCUT2D eigenvalue weighted by Crippen LogP contribution is 2.38. The number of likely N-dealkylation sites (tertiary alicyclic amines) is 1. The lowest BCUT2D eigenvalue weighted by atomic mass is 10.0. The fourth-order valence-corrected chi connectivity index (χ4v) is 5.33. The van der Waals surface area contributed by atoms with Crippen molar-refractivity contribution in [2.75, 3.05) is 24.7 Å². The van der Waals surface area contributed by atoms with Crippen LogP contribution in [0.1, 0.15) is 43.5 Å². The van der Waals surface area contributed by atoms with Crippen LogP contribution in [0.3, 0.4) is 0 Å². The third-order valence-electron chi connectivity index (χ3n) is 6.12. The number of thiazole rings is 1. The minimum absolute atomic E-state index is 0.00147. The van der Waals surface area contributed by atoms with Gasteiger partial charge in [-0.25, -0.2) is 4.98 Å². The predicted octanol–water partition coefficient (Wildman–Crippen LogP) is 5.37. The van der Waals surface area contributed by atoms with Gasteiger partial charge in [-0.2, -0.15) is 0 Å². The van der Waals surface area contributed by atoms with Crippen LogP contribution < -0.4 is 14.4 Å². The van der Waals surface area contributed by atoms with Crippen molar-refractivity contribution in [3.05, 3.63) is 71.2 Å². The van der Waals surface area contributed by atoms with E-state index in [9.17, 15) is 9.59 Å². The molecule has 0 aliphatic carbocycles. The molecule has 0 saturated carbocycles. The van der Waals surface area contributed by atoms with Gasteiger partial charge in [0.1, 0.15) is 0 Å². The van der Waals surface area contributed by atoms with E-state index in [1.807, 2.05) is 58.8 Å². The molecule has 8 heteroatoms. The Kier molecular flexibility index (Phi) is 6.81. The largest absolute Gasteiger partial charge is 0.490 e. The Bertz CT molecular complexity index is 1240. The molecule has 1 unspecified atom stereocenters. The fraction of sp³-hybridized carbons (Fsp3) is 0.296. The maximum Gasteiger partial charge on any atom is 0.247 e. The third-order valence-corrected chi connectivity index (χ3v) is 6.96. The van der Waals surface area contributed by atoms with Crippen molar-refractivity contribution in [2.45, 2.75) is 32.2 Å². The van der Waals surface area contributed by atoms with Crippen LogP contribution in [0.2, 0.25) is 0 Å². The van der Waals surface area contributed by atoms with Gasteiger partial charge in [-0.05, 0) is 48.7 Å². The minimum atomic E-state index is -0.118. The number of nitrogens with zero attached hydrogens (tertiary/aromatic N) is 3. The number of anilines is 2. The van der Waals surface area contributed by atoms with Crippen molar-refractivity contribution in [3.63, 3.8) is 0 Å². The number of hydrogen-bond acceptors (Lipinski definition) is 6. The Labute approximate surface area is 208 Å². The average Bonchev–Trinajstić information content (AvgIpc) is 3.48. The van der Waals surface area contributed by atoms with Crippen molar-refractivity contribution in [1.82, 2.24) is 9.88 Å². The molecule has 0 N–H and O–H groups in total. The number of carbonyl (C=O) groups excluding carboxylic acids is 2. The number of rotatable bonds is 5. The summed E-state index contributed by atoms with van der Waals surface area (Å²) >= 11 is 1.37. The summed E-state index contributed by atoms with van der Waals surface area (Å²) in [5.74, 6) is 1.34. The number of benzene rings is 2. The highest BCUT2D eigenvalue weighted by atomic mass is 32.1. The maximum absolute atomic E-state index is 13.1. The first-order valence-electron chi connectivity index (χ1n) is 11.8. The molecule has 1 fully saturated rings. The Morgan fingerprint density at radius 2 is 1.89 bits per heavy atom. The van der Waals surface area contributed by atoms with E-state index in [4.69, 9.17) is 9.47 Å². The molecule has 1 aromatic heterocycles. The summed E-state index contributed by atoms with van der Waals surface area (Å²) < 4.78 is 11.6. The normalized spacial score (nSPS) is 17.4. The van der Waals surface area contributed by atoms with Crippen molar-refractivity contribution < 1.29 is 19.1 Å². The van der Waals surface area contributed by atoms with E-state index in [2.05, 4.69) is 4.98 Å². The monoisotopic (exact) mass is 489 g/mol. The van der Waals surface area contributed by atoms with Crippen LogP contribution in [-0.4, -0.2) is 41.5 Å². The second-order valence-electron chi connectivity index (χ2n) is 8.52. The number of hydrogen-bond donors (Lipinski definition) is 0. The molecule has 2 aliphatic heterocycles. The van der Waals surface area contributed by atoms with Crippen LogP contribution in [0.15, 0.2) is 60.0 Å². The first-order valence-corrected chi connectivity index (χ1v) is 12.7. The molecule has 1 saturated heterocycles. The maximum atomic E-state index is 13.1. The SMILES string of the molecule is CC(=O)N(c1ccccc1)c1nc(/C=C/C(=O)N2CCCC2c2ccc3c(c2)OCCCO3)cs1. The van der Waals surface area contributed by atoms with Crippen molar-refractivity contribution in [3.8, 4) is 11.5 Å². The van der Waals surface area contributed by atoms with E-state index in [-0.39, 0.29) is 17.9 Å². The lowest BCUT2D eigenvalue weighted by Crippen LogP contribution is -2.28. The number of carbonyl (C=O) groups is 2. The van der Waals surface area contributed by atoms with Crippen molar-refractivity contribution in [1.29, 1.82) is 0 Å². The molecule has 2 amide bonds. The molecule has 7 nitrogen and oxygen atoms in total. The quantitative estimate of drug-likeness (QED) is 0.451. The summed E-state index contributed by atoms with van der Waals surface area (Å²) in [7, 11) is 0. The Morgan fingerprint density at radius 1 is 1.09 bits per heavy atom. The summed E-state index contributed by atoms with van der Waals surface area (Å²) in [5, 5.41) is 2.42. The van der Waals surface area contributed by atoms with E-state index >= 15 is 0 Å². The fourth-order valence-electron chi connectivity index (χ4n) is 4.48. The van der Waals surface area contributed by atoms with Gasteiger partial charge in [0.15, 0.2) is 16.6 Å². The second-order valence-corrected chi connectivity index (χ2v) is 9.36. The predicted molar refractivity (Wildman–Crippen MR) is 136 cm³/mol. The molecule has 0 bridgehead atoms. The Hall–Kier alpha value is -3.65. The first-order chi connectivity index (χ1) is 17.1. The molecule has 35 heavy (non-hydrogen) atoms. The lowest BCUT2D eigenvalue weighted by molar-refractivity contribution is -0.126. The van der Waals surface area contributed by atoms with E-state index < -0.39 is 0 Å². The summed E-state index contributed by atoms with van der Waals surface area (Å²) in [6.07, 6.45) is 6.00. The smallest absolute Gasteiger partial charge is 0.247 e. The van der Waals surface area contributed by atoms with Crippen molar-refractivity contribution >= 4 is 40.0 Å². The number of fused-ring (bicyclic) bond motifs is 1. The molecule has 180 valence electrons. The van der Waals surface area contributed by atoms with Crippen LogP contribution in [0.5, 0.6) is 11.5 Å². The van der Waals surface area contributed by atoms with E-state index in [0.29, 0.717) is 30.6 Å². The molecule has 2 aromatic carbocycles. The average molecular weight is 490 g/mol. The minimum Gasteiger partial charge on any atom is -0.490 e. The van der Waals surface area contributed by atoms with Gasteiger partial charge in [0.05, 0.1) is 30.6 Å². The molecule has 2 aliphatic rings. The molecule has 3 heterocycles. The molecular weight excluding hydrogens is 462 g/mol. The summed E-state index contributed by atoms with van der Waals surface area (Å²) in [4.78, 5) is 33.4. The lowest BCUT2D eigenvalue weighted by Gasteiger charge is -2.24. The molecule has 3 aromatic rings. The first kappa shape index (κ1) is 23.1. The molecule has 5 rings (SSSR count). The summed E-state index contributed by atoms with van der Waals surface area (Å²) in [6.45, 7) is 3.50. The van der Waals surface area contributed by atoms with E-state index in [1.165, 1.54) is 18.3 Å². The zero-order valence-corrected chi connectivity index (χ0v) is 20.4. The standard InChI is InChI=1S/C27H27N3O4S/c1-19(31)30(22-7-3-2-4-8-22)27-28-21(18-35-27)11-13-26(32)29-14-5-9-23(29)20-10-12-24-25(17-20)34-16-6-15-33-24/h2-4,7-8,10-13,17-18,23H,5-6,9,14-16H2,1H3/b13-11+. The highest BCUT2D eigenvalue weighted by Gasteiger charge is 2.29. The number of aromatic nitrogens is 1. The van der Waals surface area contributed by atoms with Crippen LogP contribution in [0.25, 0.3) is 6.08 Å². The number of amides is 2.